The summed E-state index contributed by atoms with van der Waals surface area (Å²) in [7, 11) is 0. The predicted octanol–water partition coefficient (Wildman–Crippen LogP) is 32.8. The third-order valence-corrected chi connectivity index (χ3v) is 25.5. The van der Waals surface area contributed by atoms with Crippen molar-refractivity contribution in [1.29, 1.82) is 0 Å². The maximum Gasteiger partial charge on any atom is 0.160 e. The molecule has 0 unspecified atom stereocenters. The Morgan fingerprint density at radius 2 is 0.475 bits per heavy atom. The van der Waals surface area contributed by atoms with Crippen LogP contribution in [0.5, 0.6) is 0 Å². The highest BCUT2D eigenvalue weighted by Gasteiger charge is 2.33. The second kappa shape index (κ2) is 30.2. The molecule has 2 aliphatic carbocycles. The molecule has 22 rings (SSSR count). The smallest absolute Gasteiger partial charge is 0.160 e. The van der Waals surface area contributed by atoms with Gasteiger partial charge in [0.25, 0.3) is 0 Å². The minimum Gasteiger partial charge on any atom is -0.452 e. The van der Waals surface area contributed by atoms with Crippen molar-refractivity contribution in [3.05, 3.63) is 411 Å². The monoisotopic (exact) mass is 1520 g/mol. The Morgan fingerprint density at radius 3 is 0.864 bits per heavy atom. The molecule has 118 heavy (non-hydrogen) atoms. The molecular weight excluding hydrogens is 1430 g/mol. The van der Waals surface area contributed by atoms with E-state index in [0.717, 1.165) is 198 Å². The van der Waals surface area contributed by atoms with Crippen molar-refractivity contribution in [3.63, 3.8) is 0 Å². The summed E-state index contributed by atoms with van der Waals surface area (Å²) >= 11 is 0. The van der Waals surface area contributed by atoms with E-state index in [1.165, 1.54) is 54.4 Å². The van der Waals surface area contributed by atoms with Crippen LogP contribution in [0.1, 0.15) is 92.2 Å². The minimum absolute atomic E-state index is 0.364. The zero-order valence-electron chi connectivity index (χ0n) is 65.7. The second-order valence-corrected chi connectivity index (χ2v) is 32.3. The van der Waals surface area contributed by atoms with Crippen molar-refractivity contribution >= 4 is 155 Å². The maximum absolute atomic E-state index is 7.90. The molecule has 2 fully saturated rings. The van der Waals surface area contributed by atoms with Crippen LogP contribution in [0.2, 0.25) is 0 Å². The molecule has 6 nitrogen and oxygen atoms in total. The highest BCUT2D eigenvalue weighted by molar-refractivity contribution is 6.33. The van der Waals surface area contributed by atoms with E-state index >= 15 is 0 Å². The van der Waals surface area contributed by atoms with Crippen LogP contribution in [-0.4, -0.2) is 0 Å². The van der Waals surface area contributed by atoms with E-state index in [1.807, 2.05) is 0 Å². The number of para-hydroxylation sites is 5. The SMILES string of the molecule is c1ccc(-c2ccccc2N(c2ccccc2)c2cc3ccccc3c3c2oc2c(N(c4ccccc4)c4ccc(C5CCC(c6ccc(N(c7ccccc7)c7cc8ccccc8c8c7oc7c(N(c9ccccc9)c9ccc(C%10CCCCC%10)cc9)cc9ccccc9c78)cc6)CC5)cc4-c4ccccc4)cc4ccccc4c23)cc1. The first kappa shape index (κ1) is 70.4. The highest BCUT2D eigenvalue weighted by Crippen LogP contribution is 2.56. The number of benzene rings is 18. The predicted molar refractivity (Wildman–Crippen MR) is 497 cm³/mol. The van der Waals surface area contributed by atoms with Crippen LogP contribution < -0.4 is 19.6 Å². The van der Waals surface area contributed by atoms with Crippen LogP contribution >= 0.6 is 0 Å². The summed E-state index contributed by atoms with van der Waals surface area (Å²) in [4.78, 5) is 9.72. The second-order valence-electron chi connectivity index (χ2n) is 32.3. The van der Waals surface area contributed by atoms with Crippen molar-refractivity contribution in [2.24, 2.45) is 0 Å². The first-order chi connectivity index (χ1) is 58.6. The van der Waals surface area contributed by atoms with Gasteiger partial charge in [-0.25, -0.2) is 0 Å². The summed E-state index contributed by atoms with van der Waals surface area (Å²) in [5.74, 6) is 1.37. The van der Waals surface area contributed by atoms with Crippen LogP contribution in [0.4, 0.5) is 68.2 Å². The van der Waals surface area contributed by atoms with Gasteiger partial charge < -0.3 is 28.4 Å². The van der Waals surface area contributed by atoms with Gasteiger partial charge in [0.2, 0.25) is 0 Å². The summed E-state index contributed by atoms with van der Waals surface area (Å²) in [6.45, 7) is 0. The molecule has 2 aliphatic rings. The molecule has 2 heterocycles. The van der Waals surface area contributed by atoms with Crippen molar-refractivity contribution in [2.45, 2.75) is 75.5 Å². The van der Waals surface area contributed by atoms with E-state index in [-0.39, 0.29) is 0 Å². The average molecular weight is 1520 g/mol. The van der Waals surface area contributed by atoms with Crippen LogP contribution in [0.3, 0.4) is 0 Å². The summed E-state index contributed by atoms with van der Waals surface area (Å²) in [6.07, 6.45) is 10.7. The summed E-state index contributed by atoms with van der Waals surface area (Å²) in [5, 5.41) is 13.6. The first-order valence-corrected chi connectivity index (χ1v) is 42.1. The Labute approximate surface area is 688 Å². The lowest BCUT2D eigenvalue weighted by Gasteiger charge is -2.32. The third kappa shape index (κ3) is 12.5. The Balaban J connectivity index is 0.630. The number of hydrogen-bond donors (Lipinski definition) is 0. The van der Waals surface area contributed by atoms with Crippen LogP contribution in [0, 0.1) is 0 Å². The third-order valence-electron chi connectivity index (χ3n) is 25.5. The van der Waals surface area contributed by atoms with Gasteiger partial charge in [0.15, 0.2) is 22.3 Å². The van der Waals surface area contributed by atoms with Crippen LogP contribution in [0.15, 0.2) is 403 Å². The molecular formula is C112H86N4O2. The van der Waals surface area contributed by atoms with Crippen LogP contribution in [0.25, 0.3) is 109 Å². The van der Waals surface area contributed by atoms with E-state index in [0.29, 0.717) is 17.8 Å². The molecule has 0 bridgehead atoms. The molecule has 20 aromatic rings. The number of anilines is 12. The summed E-state index contributed by atoms with van der Waals surface area (Å²) in [5.41, 5.74) is 24.6. The molecule has 0 amide bonds. The minimum atomic E-state index is 0.364. The lowest BCUT2D eigenvalue weighted by Crippen LogP contribution is -2.14. The molecule has 0 radical (unpaired) electrons. The summed E-state index contributed by atoms with van der Waals surface area (Å²) in [6, 6.07) is 145. The zero-order valence-corrected chi connectivity index (χ0v) is 65.7. The number of furan rings is 2. The lowest BCUT2D eigenvalue weighted by molar-refractivity contribution is 0.396. The molecule has 18 aromatic carbocycles. The average Bonchev–Trinajstić information content (AvgIpc) is 1.55. The molecule has 2 saturated carbocycles. The normalized spacial score (nSPS) is 14.6. The molecule has 0 N–H and O–H groups in total. The molecule has 0 saturated heterocycles. The standard InChI is InChI=1S/C112H86N4O2/c1-8-32-75(33-9-1)77-60-65-91(66-61-77)113(87-42-14-4-15-43-87)101-71-83-38-22-26-51-94(83)105-106-95-52-27-23-39-84(95)72-102(110(106)117-109(101)105)114(88-44-16-5-17-45-88)92-67-62-78(63-68-92)76-56-58-79(59-57-76)82-64-69-100(98(70-82)81-36-12-3-13-37-81)116(90-48-20-7-21-49-90)104-74-86-41-25-29-54-97(86)108-107-96-53-28-24-40-85(96)73-103(111(107)118-112(104)108)115(89-46-18-6-19-47-89)99-55-31-30-50-93(99)80-34-10-2-11-35-80/h2-7,10-31,34-55,60-76,79H,1,8-9,32-33,56-59H2. The molecule has 6 heteroatoms. The van der Waals surface area contributed by atoms with Gasteiger partial charge in [-0.05, 0) is 242 Å². The zero-order chi connectivity index (χ0) is 78.0. The van der Waals surface area contributed by atoms with Crippen LogP contribution in [-0.2, 0) is 0 Å². The molecule has 0 atom stereocenters. The Kier molecular flexibility index (Phi) is 18.0. The number of hydrogen-bond acceptors (Lipinski definition) is 6. The number of nitrogens with zero attached hydrogens (tertiary/aromatic N) is 4. The van der Waals surface area contributed by atoms with Crippen molar-refractivity contribution in [3.8, 4) is 22.3 Å². The van der Waals surface area contributed by atoms with E-state index in [1.54, 1.807) is 0 Å². The fourth-order valence-corrected chi connectivity index (χ4v) is 19.9. The van der Waals surface area contributed by atoms with Crippen molar-refractivity contribution in [2.75, 3.05) is 19.6 Å². The van der Waals surface area contributed by atoms with E-state index in [9.17, 15) is 0 Å². The maximum atomic E-state index is 7.90. The van der Waals surface area contributed by atoms with Gasteiger partial charge in [0.05, 0.1) is 34.1 Å². The van der Waals surface area contributed by atoms with E-state index in [4.69, 9.17) is 8.83 Å². The quantitative estimate of drug-likeness (QED) is 0.0905. The topological polar surface area (TPSA) is 39.2 Å². The van der Waals surface area contributed by atoms with Crippen molar-refractivity contribution in [1.82, 2.24) is 0 Å². The summed E-state index contributed by atoms with van der Waals surface area (Å²) < 4.78 is 15.7. The Bertz CT molecular complexity index is 7100. The lowest BCUT2D eigenvalue weighted by atomic mass is 9.75. The number of fused-ring (bicyclic) bond motifs is 14. The van der Waals surface area contributed by atoms with Gasteiger partial charge in [-0.2, -0.15) is 0 Å². The molecule has 0 aliphatic heterocycles. The molecule has 566 valence electrons. The fourth-order valence-electron chi connectivity index (χ4n) is 19.9. The van der Waals surface area contributed by atoms with Crippen molar-refractivity contribution < 1.29 is 8.83 Å². The Morgan fingerprint density at radius 1 is 0.195 bits per heavy atom. The van der Waals surface area contributed by atoms with Gasteiger partial charge in [-0.15, -0.1) is 0 Å². The van der Waals surface area contributed by atoms with Gasteiger partial charge in [-0.3, -0.25) is 0 Å². The van der Waals surface area contributed by atoms with Gasteiger partial charge >= 0.3 is 0 Å². The Hall–Kier alpha value is -14.2. The van der Waals surface area contributed by atoms with Gasteiger partial charge in [-0.1, -0.05) is 298 Å². The largest absolute Gasteiger partial charge is 0.452 e. The first-order valence-electron chi connectivity index (χ1n) is 42.1. The van der Waals surface area contributed by atoms with E-state index in [2.05, 4.69) is 414 Å². The van der Waals surface area contributed by atoms with Gasteiger partial charge in [0.1, 0.15) is 0 Å². The fraction of sp³-hybridized carbons (Fsp3) is 0.107. The molecule has 2 aromatic heterocycles. The van der Waals surface area contributed by atoms with E-state index < -0.39 is 0 Å². The molecule has 0 spiro atoms. The number of rotatable bonds is 17. The van der Waals surface area contributed by atoms with Gasteiger partial charge in [0, 0.05) is 66.8 Å². The highest BCUT2D eigenvalue weighted by atomic mass is 16.3.